The quantitative estimate of drug-likeness (QED) is 0.618. The van der Waals surface area contributed by atoms with Crippen molar-refractivity contribution in [1.29, 1.82) is 5.26 Å². The molecule has 1 heterocycles. The third-order valence-corrected chi connectivity index (χ3v) is 2.55. The summed E-state index contributed by atoms with van der Waals surface area (Å²) in [7, 11) is 0. The maximum Gasteiger partial charge on any atom is 0.0953 e. The van der Waals surface area contributed by atoms with Crippen molar-refractivity contribution >= 4 is 0 Å². The fourth-order valence-corrected chi connectivity index (χ4v) is 1.56. The molecule has 0 amide bonds. The minimum atomic E-state index is 0.116. The van der Waals surface area contributed by atoms with Crippen LogP contribution in [0.1, 0.15) is 26.7 Å². The first-order valence-electron chi connectivity index (χ1n) is 4.37. The number of nitrogens with one attached hydrogen (secondary N) is 1. The van der Waals surface area contributed by atoms with Crippen molar-refractivity contribution in [3.05, 3.63) is 0 Å². The highest BCUT2D eigenvalue weighted by Crippen LogP contribution is 2.20. The summed E-state index contributed by atoms with van der Waals surface area (Å²) in [5.41, 5.74) is 0. The zero-order chi connectivity index (χ0) is 8.27. The van der Waals surface area contributed by atoms with Crippen LogP contribution in [0.4, 0.5) is 0 Å². The first-order valence-corrected chi connectivity index (χ1v) is 4.37. The van der Waals surface area contributed by atoms with Crippen LogP contribution in [0.5, 0.6) is 0 Å². The smallest absolute Gasteiger partial charge is 0.0953 e. The molecule has 62 valence electrons. The maximum absolute atomic E-state index is 8.60. The normalized spacial score (nSPS) is 31.8. The first-order chi connectivity index (χ1) is 5.24. The monoisotopic (exact) mass is 152 g/mol. The van der Waals surface area contributed by atoms with E-state index < -0.39 is 0 Å². The van der Waals surface area contributed by atoms with Crippen molar-refractivity contribution in [2.24, 2.45) is 11.8 Å². The summed E-state index contributed by atoms with van der Waals surface area (Å²) in [6.45, 7) is 5.52. The standard InChI is InChI=1S/C9H16N2/c1-7(2)8-3-4-9(5-10)11-6-8/h7-9,11H,3-4,6H2,1-2H3. The molecule has 1 rings (SSSR count). The van der Waals surface area contributed by atoms with Gasteiger partial charge in [-0.25, -0.2) is 0 Å². The van der Waals surface area contributed by atoms with E-state index in [0.717, 1.165) is 24.8 Å². The molecule has 0 radical (unpaired) electrons. The van der Waals surface area contributed by atoms with Crippen LogP contribution in [0, 0.1) is 23.2 Å². The molecule has 1 saturated heterocycles. The molecule has 0 aromatic heterocycles. The van der Waals surface area contributed by atoms with Crippen LogP contribution in [-0.2, 0) is 0 Å². The SMILES string of the molecule is CC(C)C1CCC(C#N)NC1. The van der Waals surface area contributed by atoms with Crippen molar-refractivity contribution in [3.8, 4) is 6.07 Å². The van der Waals surface area contributed by atoms with Gasteiger partial charge >= 0.3 is 0 Å². The molecular formula is C9H16N2. The summed E-state index contributed by atoms with van der Waals surface area (Å²) in [4.78, 5) is 0. The largest absolute Gasteiger partial charge is 0.302 e. The predicted molar refractivity (Wildman–Crippen MR) is 45.0 cm³/mol. The van der Waals surface area contributed by atoms with E-state index in [1.165, 1.54) is 6.42 Å². The highest BCUT2D eigenvalue weighted by molar-refractivity contribution is 4.93. The molecule has 2 atom stereocenters. The molecule has 0 aliphatic carbocycles. The molecule has 1 aliphatic heterocycles. The molecule has 1 aliphatic rings. The Bertz CT molecular complexity index is 149. The molecule has 0 saturated carbocycles. The fraction of sp³-hybridized carbons (Fsp3) is 0.889. The third kappa shape index (κ3) is 2.20. The van der Waals surface area contributed by atoms with Crippen molar-refractivity contribution in [2.75, 3.05) is 6.54 Å². The molecule has 2 nitrogen and oxygen atoms in total. The zero-order valence-electron chi connectivity index (χ0n) is 7.30. The Morgan fingerprint density at radius 3 is 2.55 bits per heavy atom. The molecule has 1 N–H and O–H groups in total. The van der Waals surface area contributed by atoms with Crippen LogP contribution < -0.4 is 5.32 Å². The average Bonchev–Trinajstić information content (AvgIpc) is 2.05. The van der Waals surface area contributed by atoms with E-state index in [1.807, 2.05) is 0 Å². The topological polar surface area (TPSA) is 35.8 Å². The summed E-state index contributed by atoms with van der Waals surface area (Å²) < 4.78 is 0. The number of hydrogen-bond donors (Lipinski definition) is 1. The molecule has 0 aromatic carbocycles. The Hall–Kier alpha value is -0.550. The summed E-state index contributed by atoms with van der Waals surface area (Å²) in [6.07, 6.45) is 2.24. The van der Waals surface area contributed by atoms with E-state index in [0.29, 0.717) is 0 Å². The van der Waals surface area contributed by atoms with E-state index >= 15 is 0 Å². The molecular weight excluding hydrogens is 136 g/mol. The molecule has 2 heteroatoms. The van der Waals surface area contributed by atoms with Gasteiger partial charge in [0.15, 0.2) is 0 Å². The van der Waals surface area contributed by atoms with Gasteiger partial charge in [0.25, 0.3) is 0 Å². The van der Waals surface area contributed by atoms with Crippen LogP contribution in [0.2, 0.25) is 0 Å². The lowest BCUT2D eigenvalue weighted by atomic mass is 9.87. The number of rotatable bonds is 1. The number of nitriles is 1. The second-order valence-electron chi connectivity index (χ2n) is 3.67. The Labute approximate surface area is 68.6 Å². The van der Waals surface area contributed by atoms with E-state index in [9.17, 15) is 0 Å². The second-order valence-corrected chi connectivity index (χ2v) is 3.67. The van der Waals surface area contributed by atoms with Gasteiger partial charge in [0.05, 0.1) is 12.1 Å². The van der Waals surface area contributed by atoms with E-state index in [1.54, 1.807) is 0 Å². The summed E-state index contributed by atoms with van der Waals surface area (Å²) in [5, 5.41) is 11.8. The molecule has 1 fully saturated rings. The lowest BCUT2D eigenvalue weighted by Gasteiger charge is -2.28. The van der Waals surface area contributed by atoms with Gasteiger partial charge in [-0.3, -0.25) is 0 Å². The van der Waals surface area contributed by atoms with Crippen molar-refractivity contribution in [3.63, 3.8) is 0 Å². The molecule has 0 bridgehead atoms. The summed E-state index contributed by atoms with van der Waals surface area (Å²) in [5.74, 6) is 1.53. The van der Waals surface area contributed by atoms with Crippen molar-refractivity contribution < 1.29 is 0 Å². The second kappa shape index (κ2) is 3.73. The molecule has 2 unspecified atom stereocenters. The highest BCUT2D eigenvalue weighted by Gasteiger charge is 2.21. The predicted octanol–water partition coefficient (Wildman–Crippen LogP) is 1.53. The van der Waals surface area contributed by atoms with Gasteiger partial charge in [-0.1, -0.05) is 13.8 Å². The number of piperidine rings is 1. The molecule has 0 aromatic rings. The van der Waals surface area contributed by atoms with Crippen LogP contribution in [0.3, 0.4) is 0 Å². The maximum atomic E-state index is 8.60. The Balaban J connectivity index is 2.31. The number of nitrogens with zero attached hydrogens (tertiary/aromatic N) is 1. The van der Waals surface area contributed by atoms with Gasteiger partial charge in [-0.2, -0.15) is 5.26 Å². The third-order valence-electron chi connectivity index (χ3n) is 2.55. The zero-order valence-corrected chi connectivity index (χ0v) is 7.30. The van der Waals surface area contributed by atoms with Crippen molar-refractivity contribution in [1.82, 2.24) is 5.32 Å². The minimum absolute atomic E-state index is 0.116. The van der Waals surface area contributed by atoms with Crippen molar-refractivity contribution in [2.45, 2.75) is 32.7 Å². The van der Waals surface area contributed by atoms with E-state index in [4.69, 9.17) is 5.26 Å². The van der Waals surface area contributed by atoms with Gasteiger partial charge in [0, 0.05) is 0 Å². The summed E-state index contributed by atoms with van der Waals surface area (Å²) in [6, 6.07) is 2.37. The van der Waals surface area contributed by atoms with Crippen LogP contribution in [-0.4, -0.2) is 12.6 Å². The lowest BCUT2D eigenvalue weighted by Crippen LogP contribution is -2.39. The highest BCUT2D eigenvalue weighted by atomic mass is 14.9. The summed E-state index contributed by atoms with van der Waals surface area (Å²) >= 11 is 0. The first kappa shape index (κ1) is 8.55. The number of hydrogen-bond acceptors (Lipinski definition) is 2. The van der Waals surface area contributed by atoms with E-state index in [2.05, 4.69) is 25.2 Å². The fourth-order valence-electron chi connectivity index (χ4n) is 1.56. The van der Waals surface area contributed by atoms with E-state index in [-0.39, 0.29) is 6.04 Å². The van der Waals surface area contributed by atoms with Crippen LogP contribution in [0.25, 0.3) is 0 Å². The lowest BCUT2D eigenvalue weighted by molar-refractivity contribution is 0.275. The van der Waals surface area contributed by atoms with Gasteiger partial charge in [0.1, 0.15) is 0 Å². The minimum Gasteiger partial charge on any atom is -0.302 e. The molecule has 0 spiro atoms. The Kier molecular flexibility index (Phi) is 2.90. The average molecular weight is 152 g/mol. The van der Waals surface area contributed by atoms with Gasteiger partial charge in [-0.15, -0.1) is 0 Å². The Morgan fingerprint density at radius 1 is 1.45 bits per heavy atom. The molecule has 11 heavy (non-hydrogen) atoms. The van der Waals surface area contributed by atoms with Gasteiger partial charge < -0.3 is 5.32 Å². The van der Waals surface area contributed by atoms with Gasteiger partial charge in [-0.05, 0) is 31.2 Å². The van der Waals surface area contributed by atoms with Gasteiger partial charge in [0.2, 0.25) is 0 Å². The Morgan fingerprint density at radius 2 is 2.18 bits per heavy atom. The van der Waals surface area contributed by atoms with Crippen LogP contribution in [0.15, 0.2) is 0 Å². The van der Waals surface area contributed by atoms with Crippen LogP contribution >= 0.6 is 0 Å².